The zero-order chi connectivity index (χ0) is 29.1. The molecule has 2 atom stereocenters. The van der Waals surface area contributed by atoms with Gasteiger partial charge in [0.15, 0.2) is 0 Å². The summed E-state index contributed by atoms with van der Waals surface area (Å²) in [6.07, 6.45) is 10.9. The number of hydrogen-bond acceptors (Lipinski definition) is 5. The third-order valence-corrected chi connectivity index (χ3v) is 8.14. The molecule has 0 spiro atoms. The Kier molecular flexibility index (Phi) is 10.4. The van der Waals surface area contributed by atoms with Crippen LogP contribution in [0.3, 0.4) is 0 Å². The highest BCUT2D eigenvalue weighted by molar-refractivity contribution is 7.14. The van der Waals surface area contributed by atoms with Gasteiger partial charge in [-0.1, -0.05) is 78.9 Å². The third-order valence-electron chi connectivity index (χ3n) is 6.99. The topological polar surface area (TPSA) is 108 Å². The SMILES string of the molecule is CC1(CCC(=O)NCCCC(NC(=O)c2ccc(C(c3ccccc3)c3ccccc3)s2)C(=O)O)C=CC=CC=N1. The van der Waals surface area contributed by atoms with Gasteiger partial charge in [0.2, 0.25) is 5.91 Å². The number of amides is 2. The van der Waals surface area contributed by atoms with Crippen LogP contribution in [0.1, 0.15) is 64.2 Å². The summed E-state index contributed by atoms with van der Waals surface area (Å²) < 4.78 is 0. The van der Waals surface area contributed by atoms with Crippen LogP contribution in [0.2, 0.25) is 0 Å². The molecule has 3 N–H and O–H groups in total. The van der Waals surface area contributed by atoms with Gasteiger partial charge in [-0.15, -0.1) is 11.3 Å². The van der Waals surface area contributed by atoms with E-state index in [2.05, 4.69) is 39.9 Å². The van der Waals surface area contributed by atoms with E-state index in [1.54, 1.807) is 12.3 Å². The molecular weight excluding hydrogens is 534 g/mol. The standard InChI is InChI=1S/C33H35N3O4S/c1-33(20-9-4-10-23-35-33)21-19-29(37)34-22-11-16-26(32(39)40)36-31(38)28-18-17-27(41-28)30(24-12-5-2-6-13-24)25-14-7-3-8-15-25/h2-10,12-15,17-18,20,23,26,30H,11,16,19,21-22H2,1H3,(H,34,37)(H,36,38)(H,39,40). The molecule has 0 aliphatic carbocycles. The number of thiophene rings is 1. The minimum Gasteiger partial charge on any atom is -0.480 e. The fourth-order valence-corrected chi connectivity index (χ4v) is 5.77. The van der Waals surface area contributed by atoms with E-state index in [9.17, 15) is 19.5 Å². The number of carboxylic acids is 1. The largest absolute Gasteiger partial charge is 0.480 e. The highest BCUT2D eigenvalue weighted by Crippen LogP contribution is 2.36. The Hall–Kier alpha value is -4.30. The van der Waals surface area contributed by atoms with Gasteiger partial charge in [-0.25, -0.2) is 4.79 Å². The van der Waals surface area contributed by atoms with E-state index < -0.39 is 23.5 Å². The Labute approximate surface area is 244 Å². The maximum atomic E-state index is 13.0. The van der Waals surface area contributed by atoms with E-state index in [4.69, 9.17) is 0 Å². The molecule has 7 nitrogen and oxygen atoms in total. The van der Waals surface area contributed by atoms with E-state index in [0.29, 0.717) is 30.7 Å². The Balaban J connectivity index is 1.30. The van der Waals surface area contributed by atoms with Crippen LogP contribution in [0.4, 0.5) is 0 Å². The summed E-state index contributed by atoms with van der Waals surface area (Å²) in [5.74, 6) is -1.67. The molecule has 0 radical (unpaired) electrons. The summed E-state index contributed by atoms with van der Waals surface area (Å²) in [6, 6.07) is 22.8. The minimum atomic E-state index is -1.10. The second-order valence-electron chi connectivity index (χ2n) is 10.2. The van der Waals surface area contributed by atoms with Crippen molar-refractivity contribution in [3.8, 4) is 0 Å². The summed E-state index contributed by atoms with van der Waals surface area (Å²) in [6.45, 7) is 2.30. The fourth-order valence-electron chi connectivity index (χ4n) is 4.70. The monoisotopic (exact) mass is 569 g/mol. The van der Waals surface area contributed by atoms with Crippen molar-refractivity contribution >= 4 is 35.3 Å². The van der Waals surface area contributed by atoms with Gasteiger partial charge in [-0.2, -0.15) is 0 Å². The summed E-state index contributed by atoms with van der Waals surface area (Å²) in [5.41, 5.74) is 1.80. The second-order valence-corrected chi connectivity index (χ2v) is 11.3. The molecule has 2 amide bonds. The first-order chi connectivity index (χ1) is 19.8. The lowest BCUT2D eigenvalue weighted by atomic mass is 9.90. The van der Waals surface area contributed by atoms with Crippen LogP contribution < -0.4 is 10.6 Å². The predicted molar refractivity (Wildman–Crippen MR) is 164 cm³/mol. The van der Waals surface area contributed by atoms with Gasteiger partial charge < -0.3 is 15.7 Å². The van der Waals surface area contributed by atoms with Crippen molar-refractivity contribution < 1.29 is 19.5 Å². The van der Waals surface area contributed by atoms with Crippen molar-refractivity contribution in [1.82, 2.24) is 10.6 Å². The molecule has 1 aromatic heterocycles. The van der Waals surface area contributed by atoms with Gasteiger partial charge in [0.05, 0.1) is 10.4 Å². The molecule has 2 unspecified atom stereocenters. The average molecular weight is 570 g/mol. The molecular formula is C33H35N3O4S. The fraction of sp³-hybridized carbons (Fsp3) is 0.273. The predicted octanol–water partition coefficient (Wildman–Crippen LogP) is 5.74. The molecule has 4 rings (SSSR count). The molecule has 2 aromatic carbocycles. The first kappa shape index (κ1) is 29.7. The van der Waals surface area contributed by atoms with Crippen LogP contribution in [-0.4, -0.2) is 47.2 Å². The third kappa shape index (κ3) is 8.59. The molecule has 0 saturated heterocycles. The molecule has 3 aromatic rings. The Bertz CT molecular complexity index is 1360. The smallest absolute Gasteiger partial charge is 0.326 e. The molecule has 8 heteroatoms. The number of nitrogens with one attached hydrogen (secondary N) is 2. The number of carboxylic acid groups (broad SMARTS) is 1. The van der Waals surface area contributed by atoms with Crippen LogP contribution in [0, 0.1) is 0 Å². The maximum Gasteiger partial charge on any atom is 0.326 e. The second kappa shape index (κ2) is 14.4. The molecule has 41 heavy (non-hydrogen) atoms. The summed E-state index contributed by atoms with van der Waals surface area (Å²) in [5, 5.41) is 15.2. The van der Waals surface area contributed by atoms with Crippen molar-refractivity contribution in [2.45, 2.75) is 50.1 Å². The lowest BCUT2D eigenvalue weighted by molar-refractivity contribution is -0.139. The first-order valence-electron chi connectivity index (χ1n) is 13.7. The van der Waals surface area contributed by atoms with Crippen LogP contribution in [0.15, 0.2) is 102 Å². The van der Waals surface area contributed by atoms with E-state index >= 15 is 0 Å². The van der Waals surface area contributed by atoms with Crippen molar-refractivity contribution in [2.75, 3.05) is 6.54 Å². The van der Waals surface area contributed by atoms with Gasteiger partial charge in [0.25, 0.3) is 5.91 Å². The molecule has 0 saturated carbocycles. The van der Waals surface area contributed by atoms with Gasteiger partial charge in [0, 0.05) is 30.0 Å². The van der Waals surface area contributed by atoms with E-state index in [0.717, 1.165) is 16.0 Å². The number of aliphatic carboxylic acids is 1. The molecule has 1 aliphatic rings. The van der Waals surface area contributed by atoms with Crippen LogP contribution in [0.25, 0.3) is 0 Å². The number of rotatable bonds is 13. The van der Waals surface area contributed by atoms with Crippen LogP contribution in [-0.2, 0) is 9.59 Å². The van der Waals surface area contributed by atoms with Crippen molar-refractivity contribution in [3.63, 3.8) is 0 Å². The number of nitrogens with zero attached hydrogens (tertiary/aromatic N) is 1. The average Bonchev–Trinajstić information content (AvgIpc) is 3.36. The van der Waals surface area contributed by atoms with E-state index in [1.165, 1.54) is 11.3 Å². The lowest BCUT2D eigenvalue weighted by Gasteiger charge is -2.20. The quantitative estimate of drug-likeness (QED) is 0.228. The maximum absolute atomic E-state index is 13.0. The summed E-state index contributed by atoms with van der Waals surface area (Å²) in [7, 11) is 0. The number of aliphatic imine (C=N–C) groups is 1. The van der Waals surface area contributed by atoms with Gasteiger partial charge in [-0.05, 0) is 55.5 Å². The normalized spacial score (nSPS) is 16.7. The van der Waals surface area contributed by atoms with Crippen molar-refractivity contribution in [1.29, 1.82) is 0 Å². The van der Waals surface area contributed by atoms with E-state index in [-0.39, 0.29) is 18.2 Å². The minimum absolute atomic E-state index is 0.0348. The summed E-state index contributed by atoms with van der Waals surface area (Å²) in [4.78, 5) is 43.2. The van der Waals surface area contributed by atoms with Crippen LogP contribution in [0.5, 0.6) is 0 Å². The molecule has 0 bridgehead atoms. The Morgan fingerprint density at radius 2 is 1.61 bits per heavy atom. The number of carbonyl (C=O) groups is 3. The Morgan fingerprint density at radius 3 is 2.27 bits per heavy atom. The molecule has 2 heterocycles. The van der Waals surface area contributed by atoms with Crippen LogP contribution >= 0.6 is 11.3 Å². The first-order valence-corrected chi connectivity index (χ1v) is 14.6. The molecule has 212 valence electrons. The van der Waals surface area contributed by atoms with Gasteiger partial charge in [-0.3, -0.25) is 14.6 Å². The highest BCUT2D eigenvalue weighted by atomic mass is 32.1. The number of allylic oxidation sites excluding steroid dienone is 3. The van der Waals surface area contributed by atoms with E-state index in [1.807, 2.05) is 73.7 Å². The lowest BCUT2D eigenvalue weighted by Crippen LogP contribution is -2.41. The van der Waals surface area contributed by atoms with Gasteiger partial charge in [0.1, 0.15) is 6.04 Å². The van der Waals surface area contributed by atoms with Crippen molar-refractivity contribution in [2.24, 2.45) is 4.99 Å². The zero-order valence-corrected chi connectivity index (χ0v) is 23.8. The highest BCUT2D eigenvalue weighted by Gasteiger charge is 2.24. The molecule has 1 aliphatic heterocycles. The zero-order valence-electron chi connectivity index (χ0n) is 23.0. The number of carbonyl (C=O) groups excluding carboxylic acids is 2. The number of benzene rings is 2. The van der Waals surface area contributed by atoms with Crippen molar-refractivity contribution in [3.05, 3.63) is 118 Å². The summed E-state index contributed by atoms with van der Waals surface area (Å²) >= 11 is 1.36. The van der Waals surface area contributed by atoms with Gasteiger partial charge >= 0.3 is 5.97 Å². The Morgan fingerprint density at radius 1 is 0.927 bits per heavy atom. The molecule has 0 fully saturated rings. The number of hydrogen-bond donors (Lipinski definition) is 3.